The SMILES string of the molecule is COc1cccc(/C(O)=C2\C(=O)C(=O)N(c3cccc(Cl)c3C)C2c2ccccn2)c1. The van der Waals surface area contributed by atoms with Crippen molar-refractivity contribution in [2.45, 2.75) is 13.0 Å². The fraction of sp³-hybridized carbons (Fsp3) is 0.125. The van der Waals surface area contributed by atoms with Gasteiger partial charge in [0.1, 0.15) is 17.6 Å². The molecule has 1 aliphatic rings. The molecule has 1 fully saturated rings. The molecule has 0 spiro atoms. The van der Waals surface area contributed by atoms with Gasteiger partial charge in [-0.1, -0.05) is 35.9 Å². The number of methoxy groups -OCH3 is 1. The number of hydrogen-bond acceptors (Lipinski definition) is 5. The van der Waals surface area contributed by atoms with Gasteiger partial charge in [-0.2, -0.15) is 0 Å². The topological polar surface area (TPSA) is 79.7 Å². The Kier molecular flexibility index (Phi) is 5.48. The van der Waals surface area contributed by atoms with E-state index in [9.17, 15) is 14.7 Å². The lowest BCUT2D eigenvalue weighted by Gasteiger charge is -2.26. The van der Waals surface area contributed by atoms with Crippen molar-refractivity contribution >= 4 is 34.7 Å². The number of carbonyl (C=O) groups is 2. The summed E-state index contributed by atoms with van der Waals surface area (Å²) in [6.07, 6.45) is 1.58. The van der Waals surface area contributed by atoms with E-state index in [1.54, 1.807) is 73.8 Å². The van der Waals surface area contributed by atoms with Crippen LogP contribution in [0.15, 0.2) is 72.4 Å². The Labute approximate surface area is 184 Å². The van der Waals surface area contributed by atoms with Crippen LogP contribution >= 0.6 is 11.6 Å². The summed E-state index contributed by atoms with van der Waals surface area (Å²) in [6.45, 7) is 1.77. The maximum Gasteiger partial charge on any atom is 0.300 e. The van der Waals surface area contributed by atoms with Crippen LogP contribution in [-0.4, -0.2) is 28.9 Å². The molecule has 31 heavy (non-hydrogen) atoms. The van der Waals surface area contributed by atoms with Crippen molar-refractivity contribution in [3.8, 4) is 5.75 Å². The predicted octanol–water partition coefficient (Wildman–Crippen LogP) is 4.68. The molecular weight excluding hydrogens is 416 g/mol. The van der Waals surface area contributed by atoms with Crippen LogP contribution in [0.1, 0.15) is 22.9 Å². The Morgan fingerprint density at radius 1 is 1.10 bits per heavy atom. The molecule has 1 N–H and O–H groups in total. The molecule has 0 saturated carbocycles. The first-order chi connectivity index (χ1) is 14.9. The molecule has 6 nitrogen and oxygen atoms in total. The minimum Gasteiger partial charge on any atom is -0.507 e. The summed E-state index contributed by atoms with van der Waals surface area (Å²) in [7, 11) is 1.51. The fourth-order valence-corrected chi connectivity index (χ4v) is 3.85. The van der Waals surface area contributed by atoms with Crippen LogP contribution < -0.4 is 9.64 Å². The highest BCUT2D eigenvalue weighted by Gasteiger charge is 2.48. The molecule has 2 aromatic carbocycles. The van der Waals surface area contributed by atoms with E-state index in [2.05, 4.69) is 4.98 Å². The summed E-state index contributed by atoms with van der Waals surface area (Å²) in [4.78, 5) is 32.0. The van der Waals surface area contributed by atoms with E-state index >= 15 is 0 Å². The molecule has 1 saturated heterocycles. The van der Waals surface area contributed by atoms with Gasteiger partial charge >= 0.3 is 0 Å². The van der Waals surface area contributed by atoms with Gasteiger partial charge in [-0.25, -0.2) is 0 Å². The van der Waals surface area contributed by atoms with E-state index < -0.39 is 17.7 Å². The van der Waals surface area contributed by atoms with Crippen LogP contribution in [0.25, 0.3) is 5.76 Å². The summed E-state index contributed by atoms with van der Waals surface area (Å²) >= 11 is 6.28. The number of benzene rings is 2. The minimum absolute atomic E-state index is 0.0451. The van der Waals surface area contributed by atoms with Gasteiger partial charge in [-0.15, -0.1) is 0 Å². The molecule has 4 rings (SSSR count). The van der Waals surface area contributed by atoms with E-state index in [1.807, 2.05) is 0 Å². The lowest BCUT2D eigenvalue weighted by Crippen LogP contribution is -2.30. The number of halogens is 1. The molecule has 3 aromatic rings. The van der Waals surface area contributed by atoms with Gasteiger partial charge in [-0.3, -0.25) is 19.5 Å². The number of pyridine rings is 1. The van der Waals surface area contributed by atoms with Gasteiger partial charge in [0, 0.05) is 22.5 Å². The van der Waals surface area contributed by atoms with E-state index in [4.69, 9.17) is 16.3 Å². The monoisotopic (exact) mass is 434 g/mol. The summed E-state index contributed by atoms with van der Waals surface area (Å²) in [5, 5.41) is 11.6. The van der Waals surface area contributed by atoms with E-state index in [1.165, 1.54) is 12.0 Å². The first-order valence-corrected chi connectivity index (χ1v) is 9.93. The number of amides is 1. The molecule has 2 heterocycles. The van der Waals surface area contributed by atoms with Crippen molar-refractivity contribution in [2.24, 2.45) is 0 Å². The Balaban J connectivity index is 1.97. The van der Waals surface area contributed by atoms with Crippen molar-refractivity contribution in [1.29, 1.82) is 0 Å². The smallest absolute Gasteiger partial charge is 0.300 e. The van der Waals surface area contributed by atoms with Crippen molar-refractivity contribution in [2.75, 3.05) is 12.0 Å². The zero-order valence-electron chi connectivity index (χ0n) is 16.9. The number of aliphatic hydroxyl groups excluding tert-OH is 1. The molecule has 0 aliphatic carbocycles. The highest BCUT2D eigenvalue weighted by molar-refractivity contribution is 6.52. The highest BCUT2D eigenvalue weighted by atomic mass is 35.5. The molecule has 0 bridgehead atoms. The summed E-state index contributed by atoms with van der Waals surface area (Å²) in [6, 6.07) is 16.1. The molecule has 1 aliphatic heterocycles. The molecule has 1 amide bonds. The van der Waals surface area contributed by atoms with E-state index in [0.717, 1.165) is 0 Å². The van der Waals surface area contributed by atoms with Gasteiger partial charge in [0.05, 0.1) is 18.4 Å². The number of aliphatic hydroxyl groups is 1. The number of anilines is 1. The standard InChI is InChI=1S/C24H19ClN2O4/c1-14-17(25)9-6-11-19(14)27-21(18-10-3-4-12-26-18)20(23(29)24(27)30)22(28)15-7-5-8-16(13-15)31-2/h3-13,21,28H,1-2H3/b22-20+. The number of aromatic nitrogens is 1. The van der Waals surface area contributed by atoms with Crippen molar-refractivity contribution in [3.63, 3.8) is 0 Å². The van der Waals surface area contributed by atoms with E-state index in [0.29, 0.717) is 33.3 Å². The van der Waals surface area contributed by atoms with Crippen molar-refractivity contribution < 1.29 is 19.4 Å². The number of ether oxygens (including phenoxy) is 1. The first kappa shape index (κ1) is 20.6. The van der Waals surface area contributed by atoms with Crippen LogP contribution in [0.5, 0.6) is 5.75 Å². The second-order valence-electron chi connectivity index (χ2n) is 7.04. The Bertz CT molecular complexity index is 1210. The Morgan fingerprint density at radius 3 is 2.58 bits per heavy atom. The fourth-order valence-electron chi connectivity index (χ4n) is 3.68. The lowest BCUT2D eigenvalue weighted by molar-refractivity contribution is -0.132. The molecule has 1 atom stereocenters. The molecule has 1 unspecified atom stereocenters. The summed E-state index contributed by atoms with van der Waals surface area (Å²) in [5.41, 5.74) is 1.89. The minimum atomic E-state index is -0.912. The quantitative estimate of drug-likeness (QED) is 0.366. The molecule has 1 aromatic heterocycles. The largest absolute Gasteiger partial charge is 0.507 e. The van der Waals surface area contributed by atoms with Gasteiger partial charge in [0.15, 0.2) is 0 Å². The van der Waals surface area contributed by atoms with Gasteiger partial charge < -0.3 is 9.84 Å². The maximum atomic E-state index is 13.2. The average Bonchev–Trinajstić information content (AvgIpc) is 3.06. The zero-order valence-corrected chi connectivity index (χ0v) is 17.6. The second-order valence-corrected chi connectivity index (χ2v) is 7.45. The summed E-state index contributed by atoms with van der Waals surface area (Å²) in [5.74, 6) is -1.34. The molecular formula is C24H19ClN2O4. The van der Waals surface area contributed by atoms with Gasteiger partial charge in [0.2, 0.25) is 0 Å². The van der Waals surface area contributed by atoms with Crippen molar-refractivity contribution in [3.05, 3.63) is 94.3 Å². The third kappa shape index (κ3) is 3.55. The summed E-state index contributed by atoms with van der Waals surface area (Å²) < 4.78 is 5.22. The Morgan fingerprint density at radius 2 is 1.87 bits per heavy atom. The second kappa shape index (κ2) is 8.24. The molecule has 7 heteroatoms. The Hall–Kier alpha value is -3.64. The van der Waals surface area contributed by atoms with Crippen LogP contribution in [0.3, 0.4) is 0 Å². The van der Waals surface area contributed by atoms with E-state index in [-0.39, 0.29) is 11.3 Å². The lowest BCUT2D eigenvalue weighted by atomic mass is 9.98. The number of Topliss-reactive ketones (excluding diaryl/α,β-unsaturated/α-hetero) is 1. The van der Waals surface area contributed by atoms with Gasteiger partial charge in [-0.05, 0) is 48.9 Å². The number of ketones is 1. The van der Waals surface area contributed by atoms with Crippen LogP contribution in [0.4, 0.5) is 5.69 Å². The third-order valence-electron chi connectivity index (χ3n) is 5.25. The average molecular weight is 435 g/mol. The maximum absolute atomic E-state index is 13.2. The number of nitrogens with zero attached hydrogens (tertiary/aromatic N) is 2. The molecule has 156 valence electrons. The van der Waals surface area contributed by atoms with Gasteiger partial charge in [0.25, 0.3) is 11.7 Å². The number of rotatable bonds is 4. The number of hydrogen-bond donors (Lipinski definition) is 1. The highest BCUT2D eigenvalue weighted by Crippen LogP contribution is 2.43. The van der Waals surface area contributed by atoms with Crippen LogP contribution in [0.2, 0.25) is 5.02 Å². The van der Waals surface area contributed by atoms with Crippen LogP contribution in [0, 0.1) is 6.92 Å². The predicted molar refractivity (Wildman–Crippen MR) is 118 cm³/mol. The zero-order chi connectivity index (χ0) is 22.1. The third-order valence-corrected chi connectivity index (χ3v) is 5.66. The normalized spacial score (nSPS) is 17.8. The van der Waals surface area contributed by atoms with Crippen molar-refractivity contribution in [1.82, 2.24) is 4.98 Å². The van der Waals surface area contributed by atoms with Crippen LogP contribution in [-0.2, 0) is 9.59 Å². The number of carbonyl (C=O) groups excluding carboxylic acids is 2. The molecule has 0 radical (unpaired) electrons. The first-order valence-electron chi connectivity index (χ1n) is 9.55.